The highest BCUT2D eigenvalue weighted by Gasteiger charge is 2.10. The highest BCUT2D eigenvalue weighted by Crippen LogP contribution is 2.26. The summed E-state index contributed by atoms with van der Waals surface area (Å²) < 4.78 is 0. The van der Waals surface area contributed by atoms with Gasteiger partial charge in [-0.2, -0.15) is 0 Å². The molecule has 2 N–H and O–H groups in total. The Hall–Kier alpha value is -2.44. The molecule has 3 aromatic rings. The Morgan fingerprint density at radius 3 is 2.61 bits per heavy atom. The van der Waals surface area contributed by atoms with E-state index in [1.54, 1.807) is 24.3 Å². The zero-order valence-corrected chi connectivity index (χ0v) is 13.8. The van der Waals surface area contributed by atoms with Crippen molar-refractivity contribution in [3.8, 4) is 10.6 Å². The van der Waals surface area contributed by atoms with Crippen LogP contribution in [-0.2, 0) is 0 Å². The Morgan fingerprint density at radius 1 is 1.09 bits per heavy atom. The molecule has 3 rings (SSSR count). The average molecular weight is 345 g/mol. The Kier molecular flexibility index (Phi) is 4.55. The normalized spacial score (nSPS) is 10.3. The summed E-state index contributed by atoms with van der Waals surface area (Å²) in [5.74, 6) is 0. The maximum atomic E-state index is 12.0. The molecule has 1 aromatic heterocycles. The van der Waals surface area contributed by atoms with Gasteiger partial charge in [-0.05, 0) is 37.3 Å². The van der Waals surface area contributed by atoms with E-state index in [0.29, 0.717) is 15.8 Å². The number of benzene rings is 2. The molecule has 116 valence electrons. The SMILES string of the molecule is Cc1cccc(-c2nnc(NC(=O)Nc3ccc(Cl)cc3)s2)c1. The van der Waals surface area contributed by atoms with Crippen molar-refractivity contribution in [2.45, 2.75) is 6.92 Å². The van der Waals surface area contributed by atoms with E-state index in [4.69, 9.17) is 11.6 Å². The minimum atomic E-state index is -0.376. The molecule has 7 heteroatoms. The van der Waals surface area contributed by atoms with E-state index in [1.807, 2.05) is 31.2 Å². The van der Waals surface area contributed by atoms with Crippen LogP contribution in [0.3, 0.4) is 0 Å². The van der Waals surface area contributed by atoms with E-state index in [9.17, 15) is 4.79 Å². The van der Waals surface area contributed by atoms with Crippen LogP contribution in [0.1, 0.15) is 5.56 Å². The van der Waals surface area contributed by atoms with E-state index in [0.717, 1.165) is 16.1 Å². The Balaban J connectivity index is 1.66. The lowest BCUT2D eigenvalue weighted by Gasteiger charge is -2.04. The lowest BCUT2D eigenvalue weighted by atomic mass is 10.1. The highest BCUT2D eigenvalue weighted by molar-refractivity contribution is 7.18. The second-order valence-electron chi connectivity index (χ2n) is 4.87. The summed E-state index contributed by atoms with van der Waals surface area (Å²) in [7, 11) is 0. The number of halogens is 1. The van der Waals surface area contributed by atoms with Crippen molar-refractivity contribution in [2.24, 2.45) is 0 Å². The molecule has 2 amide bonds. The number of rotatable bonds is 3. The number of urea groups is 1. The highest BCUT2D eigenvalue weighted by atomic mass is 35.5. The van der Waals surface area contributed by atoms with E-state index < -0.39 is 0 Å². The van der Waals surface area contributed by atoms with Crippen molar-refractivity contribution < 1.29 is 4.79 Å². The van der Waals surface area contributed by atoms with Crippen LogP contribution in [0.25, 0.3) is 10.6 Å². The first-order chi connectivity index (χ1) is 11.1. The molecule has 23 heavy (non-hydrogen) atoms. The second-order valence-corrected chi connectivity index (χ2v) is 6.28. The Labute approximate surface area is 142 Å². The molecule has 0 saturated heterocycles. The standard InChI is InChI=1S/C16H13ClN4OS/c1-10-3-2-4-11(9-10)14-20-21-16(23-14)19-15(22)18-13-7-5-12(17)6-8-13/h2-9H,1H3,(H2,18,19,21,22). The number of hydrogen-bond donors (Lipinski definition) is 2. The number of hydrogen-bond acceptors (Lipinski definition) is 4. The van der Waals surface area contributed by atoms with Gasteiger partial charge in [-0.1, -0.05) is 46.7 Å². The van der Waals surface area contributed by atoms with Crippen LogP contribution >= 0.6 is 22.9 Å². The van der Waals surface area contributed by atoms with Gasteiger partial charge >= 0.3 is 6.03 Å². The maximum Gasteiger partial charge on any atom is 0.325 e. The Morgan fingerprint density at radius 2 is 1.87 bits per heavy atom. The summed E-state index contributed by atoms with van der Waals surface area (Å²) in [5, 5.41) is 15.3. The molecular weight excluding hydrogens is 332 g/mol. The summed E-state index contributed by atoms with van der Waals surface area (Å²) in [6, 6.07) is 14.5. The number of carbonyl (C=O) groups excluding carboxylic acids is 1. The smallest absolute Gasteiger partial charge is 0.308 e. The largest absolute Gasteiger partial charge is 0.325 e. The van der Waals surface area contributed by atoms with Crippen LogP contribution in [0.2, 0.25) is 5.02 Å². The molecule has 0 spiro atoms. The van der Waals surface area contributed by atoms with Crippen molar-refractivity contribution in [3.05, 3.63) is 59.1 Å². The lowest BCUT2D eigenvalue weighted by molar-refractivity contribution is 0.262. The van der Waals surface area contributed by atoms with Crippen LogP contribution in [-0.4, -0.2) is 16.2 Å². The fraction of sp³-hybridized carbons (Fsp3) is 0.0625. The van der Waals surface area contributed by atoms with Crippen LogP contribution < -0.4 is 10.6 Å². The monoisotopic (exact) mass is 344 g/mol. The third kappa shape index (κ3) is 4.06. The van der Waals surface area contributed by atoms with Gasteiger partial charge in [-0.15, -0.1) is 10.2 Å². The third-order valence-corrected chi connectivity index (χ3v) is 4.15. The van der Waals surface area contributed by atoms with E-state index in [2.05, 4.69) is 20.8 Å². The predicted octanol–water partition coefficient (Wildman–Crippen LogP) is 4.81. The number of aryl methyl sites for hydroxylation is 1. The molecule has 1 heterocycles. The van der Waals surface area contributed by atoms with E-state index in [-0.39, 0.29) is 6.03 Å². The van der Waals surface area contributed by atoms with Gasteiger partial charge in [-0.25, -0.2) is 4.79 Å². The van der Waals surface area contributed by atoms with Crippen molar-refractivity contribution in [1.29, 1.82) is 0 Å². The predicted molar refractivity (Wildman–Crippen MR) is 94.2 cm³/mol. The molecule has 0 atom stereocenters. The van der Waals surface area contributed by atoms with Gasteiger partial charge in [0.1, 0.15) is 5.01 Å². The number of carbonyl (C=O) groups is 1. The number of nitrogens with zero attached hydrogens (tertiary/aromatic N) is 2. The summed E-state index contributed by atoms with van der Waals surface area (Å²) in [5.41, 5.74) is 2.77. The number of aromatic nitrogens is 2. The molecule has 0 fully saturated rings. The maximum absolute atomic E-state index is 12.0. The summed E-state index contributed by atoms with van der Waals surface area (Å²) in [6.45, 7) is 2.02. The first-order valence-corrected chi connectivity index (χ1v) is 8.04. The minimum absolute atomic E-state index is 0.376. The van der Waals surface area contributed by atoms with Gasteiger partial charge in [0, 0.05) is 16.3 Å². The molecule has 0 aliphatic carbocycles. The van der Waals surface area contributed by atoms with Gasteiger partial charge in [-0.3, -0.25) is 5.32 Å². The van der Waals surface area contributed by atoms with Crippen LogP contribution in [0.15, 0.2) is 48.5 Å². The van der Waals surface area contributed by atoms with Crippen LogP contribution in [0, 0.1) is 6.92 Å². The quantitative estimate of drug-likeness (QED) is 0.716. The lowest BCUT2D eigenvalue weighted by Crippen LogP contribution is -2.19. The van der Waals surface area contributed by atoms with Crippen molar-refractivity contribution in [1.82, 2.24) is 10.2 Å². The molecule has 2 aromatic carbocycles. The third-order valence-electron chi connectivity index (χ3n) is 3.01. The van der Waals surface area contributed by atoms with Crippen molar-refractivity contribution >= 4 is 39.8 Å². The number of anilines is 2. The van der Waals surface area contributed by atoms with E-state index >= 15 is 0 Å². The fourth-order valence-corrected chi connectivity index (χ4v) is 2.82. The molecule has 0 aliphatic heterocycles. The fourth-order valence-electron chi connectivity index (χ4n) is 1.96. The second kappa shape index (κ2) is 6.76. The minimum Gasteiger partial charge on any atom is -0.308 e. The molecular formula is C16H13ClN4OS. The molecule has 0 unspecified atom stereocenters. The van der Waals surface area contributed by atoms with Crippen molar-refractivity contribution in [3.63, 3.8) is 0 Å². The van der Waals surface area contributed by atoms with Gasteiger partial charge in [0.15, 0.2) is 0 Å². The molecule has 0 aliphatic rings. The van der Waals surface area contributed by atoms with Crippen LogP contribution in [0.4, 0.5) is 15.6 Å². The van der Waals surface area contributed by atoms with Gasteiger partial charge < -0.3 is 5.32 Å². The molecule has 5 nitrogen and oxygen atoms in total. The summed E-state index contributed by atoms with van der Waals surface area (Å²) in [4.78, 5) is 12.0. The topological polar surface area (TPSA) is 66.9 Å². The zero-order valence-electron chi connectivity index (χ0n) is 12.2. The van der Waals surface area contributed by atoms with Crippen molar-refractivity contribution in [2.75, 3.05) is 10.6 Å². The molecule has 0 radical (unpaired) electrons. The summed E-state index contributed by atoms with van der Waals surface area (Å²) >= 11 is 7.13. The Bertz CT molecular complexity index is 832. The first-order valence-electron chi connectivity index (χ1n) is 6.84. The number of amides is 2. The molecule has 0 bridgehead atoms. The number of nitrogens with one attached hydrogen (secondary N) is 2. The first kappa shape index (κ1) is 15.5. The summed E-state index contributed by atoms with van der Waals surface area (Å²) in [6.07, 6.45) is 0. The van der Waals surface area contributed by atoms with E-state index in [1.165, 1.54) is 11.3 Å². The van der Waals surface area contributed by atoms with Gasteiger partial charge in [0.2, 0.25) is 5.13 Å². The zero-order chi connectivity index (χ0) is 16.2. The molecule has 0 saturated carbocycles. The van der Waals surface area contributed by atoms with Crippen LogP contribution in [0.5, 0.6) is 0 Å². The van der Waals surface area contributed by atoms with Gasteiger partial charge in [0.05, 0.1) is 0 Å². The average Bonchev–Trinajstić information content (AvgIpc) is 2.98. The van der Waals surface area contributed by atoms with Gasteiger partial charge in [0.25, 0.3) is 0 Å².